The van der Waals surface area contributed by atoms with Crippen molar-refractivity contribution in [1.29, 1.82) is 0 Å². The van der Waals surface area contributed by atoms with Gasteiger partial charge in [-0.1, -0.05) is 6.92 Å². The number of likely N-dealkylation sites (N-methyl/N-ethyl adjacent to an activating group) is 1. The van der Waals surface area contributed by atoms with Crippen LogP contribution in [0.15, 0.2) is 6.07 Å². The summed E-state index contributed by atoms with van der Waals surface area (Å²) in [6.45, 7) is 7.37. The standard InChI is InChI=1S/C12H22N6/c1-4-10-14-11(16-13)7-12(15-10)18-6-5-17(3)8-9(18)2/h7,9H,4-6,8,13H2,1-3H3,(H,14,15,16). The largest absolute Gasteiger partial charge is 0.351 e. The molecule has 1 unspecified atom stereocenters. The Balaban J connectivity index is 2.26. The Morgan fingerprint density at radius 1 is 1.44 bits per heavy atom. The van der Waals surface area contributed by atoms with Gasteiger partial charge in [-0.15, -0.1) is 0 Å². The van der Waals surface area contributed by atoms with E-state index in [1.807, 2.05) is 13.0 Å². The van der Waals surface area contributed by atoms with Gasteiger partial charge in [0.25, 0.3) is 0 Å². The van der Waals surface area contributed by atoms with E-state index < -0.39 is 0 Å². The monoisotopic (exact) mass is 250 g/mol. The first-order chi connectivity index (χ1) is 8.63. The fraction of sp³-hybridized carbons (Fsp3) is 0.667. The maximum atomic E-state index is 5.46. The highest BCUT2D eigenvalue weighted by atomic mass is 15.3. The number of hydrogen-bond donors (Lipinski definition) is 2. The van der Waals surface area contributed by atoms with Crippen LogP contribution in [0.1, 0.15) is 19.7 Å². The zero-order valence-electron chi connectivity index (χ0n) is 11.3. The molecule has 100 valence electrons. The van der Waals surface area contributed by atoms with Crippen LogP contribution in [0.2, 0.25) is 0 Å². The lowest BCUT2D eigenvalue weighted by molar-refractivity contribution is 0.274. The maximum absolute atomic E-state index is 5.46. The summed E-state index contributed by atoms with van der Waals surface area (Å²) < 4.78 is 0. The van der Waals surface area contributed by atoms with E-state index in [0.29, 0.717) is 11.9 Å². The third kappa shape index (κ3) is 2.70. The summed E-state index contributed by atoms with van der Waals surface area (Å²) in [7, 11) is 2.15. The number of hydrazine groups is 1. The molecule has 1 saturated heterocycles. The number of anilines is 2. The average Bonchev–Trinajstić information content (AvgIpc) is 2.38. The summed E-state index contributed by atoms with van der Waals surface area (Å²) in [5.74, 6) is 7.94. The van der Waals surface area contributed by atoms with Crippen LogP contribution >= 0.6 is 0 Å². The minimum absolute atomic E-state index is 0.453. The number of piperazine rings is 1. The van der Waals surface area contributed by atoms with Crippen LogP contribution in [-0.4, -0.2) is 47.6 Å². The molecule has 18 heavy (non-hydrogen) atoms. The van der Waals surface area contributed by atoms with Crippen molar-refractivity contribution >= 4 is 11.6 Å². The third-order valence-corrected chi connectivity index (χ3v) is 3.35. The number of nitrogens with one attached hydrogen (secondary N) is 1. The quantitative estimate of drug-likeness (QED) is 0.600. The molecule has 0 aliphatic carbocycles. The number of rotatable bonds is 3. The Labute approximate surface area is 108 Å². The number of nitrogens with zero attached hydrogens (tertiary/aromatic N) is 4. The van der Waals surface area contributed by atoms with Gasteiger partial charge in [-0.05, 0) is 14.0 Å². The van der Waals surface area contributed by atoms with E-state index in [2.05, 4.69) is 39.2 Å². The minimum atomic E-state index is 0.453. The molecule has 0 amide bonds. The van der Waals surface area contributed by atoms with Crippen LogP contribution in [0, 0.1) is 0 Å². The lowest BCUT2D eigenvalue weighted by Gasteiger charge is -2.39. The first kappa shape index (κ1) is 13.0. The molecule has 0 aromatic carbocycles. The van der Waals surface area contributed by atoms with Crippen LogP contribution in [0.3, 0.4) is 0 Å². The molecule has 2 rings (SSSR count). The number of hydrogen-bond acceptors (Lipinski definition) is 6. The summed E-state index contributed by atoms with van der Waals surface area (Å²) in [5.41, 5.74) is 2.62. The Bertz CT molecular complexity index is 385. The van der Waals surface area contributed by atoms with E-state index in [0.717, 1.165) is 37.7 Å². The molecule has 3 N–H and O–H groups in total. The fourth-order valence-electron chi connectivity index (χ4n) is 2.34. The molecule has 2 heterocycles. The summed E-state index contributed by atoms with van der Waals surface area (Å²) >= 11 is 0. The lowest BCUT2D eigenvalue weighted by atomic mass is 10.2. The van der Waals surface area contributed by atoms with Crippen molar-refractivity contribution in [3.8, 4) is 0 Å². The van der Waals surface area contributed by atoms with E-state index in [-0.39, 0.29) is 0 Å². The van der Waals surface area contributed by atoms with Crippen LogP contribution < -0.4 is 16.2 Å². The van der Waals surface area contributed by atoms with Crippen molar-refractivity contribution in [2.75, 3.05) is 37.0 Å². The Hall–Kier alpha value is -1.40. The second-order valence-electron chi connectivity index (χ2n) is 4.83. The Morgan fingerprint density at radius 3 is 2.83 bits per heavy atom. The number of aromatic nitrogens is 2. The summed E-state index contributed by atoms with van der Waals surface area (Å²) in [5, 5.41) is 0. The lowest BCUT2D eigenvalue weighted by Crippen LogP contribution is -2.50. The molecule has 1 aliphatic heterocycles. The van der Waals surface area contributed by atoms with Gasteiger partial charge in [-0.3, -0.25) is 0 Å². The SMILES string of the molecule is CCc1nc(NN)cc(N2CCN(C)CC2C)n1. The van der Waals surface area contributed by atoms with Gasteiger partial charge >= 0.3 is 0 Å². The van der Waals surface area contributed by atoms with E-state index in [4.69, 9.17) is 5.84 Å². The van der Waals surface area contributed by atoms with E-state index in [9.17, 15) is 0 Å². The van der Waals surface area contributed by atoms with Crippen molar-refractivity contribution in [2.24, 2.45) is 5.84 Å². The van der Waals surface area contributed by atoms with E-state index >= 15 is 0 Å². The van der Waals surface area contributed by atoms with E-state index in [1.54, 1.807) is 0 Å². The maximum Gasteiger partial charge on any atom is 0.145 e. The molecule has 1 aliphatic rings. The van der Waals surface area contributed by atoms with E-state index in [1.165, 1.54) is 0 Å². The van der Waals surface area contributed by atoms with Gasteiger partial charge in [0.05, 0.1) is 0 Å². The summed E-state index contributed by atoms with van der Waals surface area (Å²) in [6, 6.07) is 2.37. The predicted octanol–water partition coefficient (Wildman–Crippen LogP) is 0.465. The van der Waals surface area contributed by atoms with Crippen molar-refractivity contribution in [3.63, 3.8) is 0 Å². The van der Waals surface area contributed by atoms with Gasteiger partial charge in [-0.25, -0.2) is 15.8 Å². The molecular weight excluding hydrogens is 228 g/mol. The van der Waals surface area contributed by atoms with Gasteiger partial charge in [0.1, 0.15) is 17.5 Å². The van der Waals surface area contributed by atoms with Gasteiger partial charge in [0.2, 0.25) is 0 Å². The van der Waals surface area contributed by atoms with Crippen LogP contribution in [-0.2, 0) is 6.42 Å². The number of nitrogens with two attached hydrogens (primary N) is 1. The van der Waals surface area contributed by atoms with Crippen molar-refractivity contribution < 1.29 is 0 Å². The normalized spacial score (nSPS) is 21.1. The van der Waals surface area contributed by atoms with Crippen LogP contribution in [0.25, 0.3) is 0 Å². The average molecular weight is 250 g/mol. The molecule has 1 fully saturated rings. The zero-order chi connectivity index (χ0) is 13.1. The molecule has 6 nitrogen and oxygen atoms in total. The molecule has 0 saturated carbocycles. The Morgan fingerprint density at radius 2 is 2.22 bits per heavy atom. The second-order valence-corrected chi connectivity index (χ2v) is 4.83. The first-order valence-corrected chi connectivity index (χ1v) is 6.43. The Kier molecular flexibility index (Phi) is 3.98. The minimum Gasteiger partial charge on any atom is -0.351 e. The highest BCUT2D eigenvalue weighted by Gasteiger charge is 2.23. The second kappa shape index (κ2) is 5.49. The summed E-state index contributed by atoms with van der Waals surface area (Å²) in [6.07, 6.45) is 0.810. The highest BCUT2D eigenvalue weighted by molar-refractivity contribution is 5.50. The zero-order valence-corrected chi connectivity index (χ0v) is 11.3. The molecule has 0 radical (unpaired) electrons. The smallest absolute Gasteiger partial charge is 0.145 e. The molecule has 1 aromatic rings. The summed E-state index contributed by atoms with van der Waals surface area (Å²) in [4.78, 5) is 13.6. The molecular formula is C12H22N6. The fourth-order valence-corrected chi connectivity index (χ4v) is 2.34. The molecule has 0 spiro atoms. The predicted molar refractivity (Wildman–Crippen MR) is 73.5 cm³/mol. The van der Waals surface area contributed by atoms with Gasteiger partial charge in [-0.2, -0.15) is 0 Å². The molecule has 1 atom stereocenters. The first-order valence-electron chi connectivity index (χ1n) is 6.43. The number of nitrogen functional groups attached to an aromatic ring is 1. The van der Waals surface area contributed by atoms with Crippen molar-refractivity contribution in [3.05, 3.63) is 11.9 Å². The van der Waals surface area contributed by atoms with Crippen LogP contribution in [0.5, 0.6) is 0 Å². The van der Waals surface area contributed by atoms with Gasteiger partial charge in [0.15, 0.2) is 0 Å². The molecule has 6 heteroatoms. The van der Waals surface area contributed by atoms with Gasteiger partial charge in [0, 0.05) is 38.2 Å². The number of aryl methyl sites for hydroxylation is 1. The van der Waals surface area contributed by atoms with Gasteiger partial charge < -0.3 is 15.2 Å². The topological polar surface area (TPSA) is 70.3 Å². The van der Waals surface area contributed by atoms with Crippen LogP contribution in [0.4, 0.5) is 11.6 Å². The van der Waals surface area contributed by atoms with Crippen molar-refractivity contribution in [2.45, 2.75) is 26.3 Å². The van der Waals surface area contributed by atoms with Crippen molar-refractivity contribution in [1.82, 2.24) is 14.9 Å². The highest BCUT2D eigenvalue weighted by Crippen LogP contribution is 2.20. The molecule has 1 aromatic heterocycles. The third-order valence-electron chi connectivity index (χ3n) is 3.35. The molecule has 0 bridgehead atoms.